The fourth-order valence-corrected chi connectivity index (χ4v) is 2.20. The first-order chi connectivity index (χ1) is 9.08. The van der Waals surface area contributed by atoms with Crippen LogP contribution >= 0.6 is 12.4 Å². The molecule has 1 saturated heterocycles. The van der Waals surface area contributed by atoms with Crippen LogP contribution in [0.4, 0.5) is 4.39 Å². The van der Waals surface area contributed by atoms with Crippen molar-refractivity contribution in [3.05, 3.63) is 30.1 Å². The van der Waals surface area contributed by atoms with E-state index in [1.807, 2.05) is 6.92 Å². The topological polar surface area (TPSA) is 41.6 Å². The first-order valence-electron chi connectivity index (χ1n) is 6.51. The highest BCUT2D eigenvalue weighted by atomic mass is 35.5. The van der Waals surface area contributed by atoms with Gasteiger partial charge in [0.1, 0.15) is 11.6 Å². The van der Waals surface area contributed by atoms with Gasteiger partial charge in [-0.25, -0.2) is 4.39 Å². The number of halogens is 2. The second kappa shape index (κ2) is 7.45. The van der Waals surface area contributed by atoms with Gasteiger partial charge in [0.2, 0.25) is 0 Å². The summed E-state index contributed by atoms with van der Waals surface area (Å²) in [6.45, 7) is 5.96. The summed E-state index contributed by atoms with van der Waals surface area (Å²) in [6, 6.07) is 5.99. The Morgan fingerprint density at radius 2 is 2.30 bits per heavy atom. The normalized spacial score (nSPS) is 19.9. The monoisotopic (exact) mass is 302 g/mol. The van der Waals surface area contributed by atoms with E-state index in [-0.39, 0.29) is 30.2 Å². The summed E-state index contributed by atoms with van der Waals surface area (Å²) in [5.74, 6) is -0.0467. The molecule has 0 bridgehead atoms. The van der Waals surface area contributed by atoms with Crippen molar-refractivity contribution in [3.8, 4) is 5.75 Å². The van der Waals surface area contributed by atoms with Crippen molar-refractivity contribution in [2.75, 3.05) is 19.6 Å². The van der Waals surface area contributed by atoms with E-state index in [1.54, 1.807) is 24.0 Å². The Bertz CT molecular complexity index is 459. The molecule has 1 aliphatic rings. The molecule has 1 heterocycles. The van der Waals surface area contributed by atoms with E-state index in [0.717, 1.165) is 13.1 Å². The van der Waals surface area contributed by atoms with Crippen molar-refractivity contribution in [2.24, 2.45) is 0 Å². The largest absolute Gasteiger partial charge is 0.481 e. The molecule has 2 atom stereocenters. The molecule has 0 aromatic heterocycles. The molecule has 1 N–H and O–H groups in total. The van der Waals surface area contributed by atoms with Crippen LogP contribution in [0.1, 0.15) is 13.8 Å². The molecule has 0 radical (unpaired) electrons. The highest BCUT2D eigenvalue weighted by Crippen LogP contribution is 2.15. The van der Waals surface area contributed by atoms with E-state index >= 15 is 0 Å². The van der Waals surface area contributed by atoms with Crippen LogP contribution in [0.3, 0.4) is 0 Å². The molecule has 0 aliphatic carbocycles. The zero-order valence-corrected chi connectivity index (χ0v) is 12.5. The lowest BCUT2D eigenvalue weighted by atomic mass is 10.2. The number of piperazine rings is 1. The number of rotatable bonds is 3. The summed E-state index contributed by atoms with van der Waals surface area (Å²) in [5, 5.41) is 3.23. The number of hydrogen-bond acceptors (Lipinski definition) is 3. The lowest BCUT2D eigenvalue weighted by Gasteiger charge is -2.35. The molecular weight excluding hydrogens is 283 g/mol. The average molecular weight is 303 g/mol. The molecule has 1 amide bonds. The van der Waals surface area contributed by atoms with Gasteiger partial charge in [-0.2, -0.15) is 0 Å². The third-order valence-corrected chi connectivity index (χ3v) is 3.24. The maximum absolute atomic E-state index is 13.1. The Kier molecular flexibility index (Phi) is 6.23. The van der Waals surface area contributed by atoms with Gasteiger partial charge >= 0.3 is 0 Å². The Hall–Kier alpha value is -1.33. The molecule has 112 valence electrons. The highest BCUT2D eigenvalue weighted by molar-refractivity contribution is 5.85. The van der Waals surface area contributed by atoms with Gasteiger partial charge in [-0.05, 0) is 26.0 Å². The van der Waals surface area contributed by atoms with Crippen molar-refractivity contribution < 1.29 is 13.9 Å². The minimum absolute atomic E-state index is 0. The van der Waals surface area contributed by atoms with Crippen LogP contribution in [0, 0.1) is 5.82 Å². The number of carbonyl (C=O) groups excluding carboxylic acids is 1. The summed E-state index contributed by atoms with van der Waals surface area (Å²) in [5.41, 5.74) is 0. The van der Waals surface area contributed by atoms with Gasteiger partial charge < -0.3 is 15.0 Å². The van der Waals surface area contributed by atoms with Gasteiger partial charge in [0.15, 0.2) is 6.10 Å². The van der Waals surface area contributed by atoms with Gasteiger partial charge in [0, 0.05) is 31.7 Å². The quantitative estimate of drug-likeness (QED) is 0.926. The Balaban J connectivity index is 0.00000200. The number of ether oxygens (including phenoxy) is 1. The molecule has 4 nitrogen and oxygen atoms in total. The number of carbonyl (C=O) groups is 1. The van der Waals surface area contributed by atoms with Gasteiger partial charge in [-0.3, -0.25) is 4.79 Å². The van der Waals surface area contributed by atoms with Gasteiger partial charge in [-0.1, -0.05) is 6.07 Å². The molecule has 1 unspecified atom stereocenters. The fourth-order valence-electron chi connectivity index (χ4n) is 2.20. The van der Waals surface area contributed by atoms with Crippen LogP contribution in [-0.4, -0.2) is 42.6 Å². The van der Waals surface area contributed by atoms with Crippen molar-refractivity contribution >= 4 is 18.3 Å². The average Bonchev–Trinajstić information content (AvgIpc) is 2.38. The summed E-state index contributed by atoms with van der Waals surface area (Å²) in [4.78, 5) is 14.1. The molecule has 1 aromatic carbocycles. The third kappa shape index (κ3) is 4.08. The lowest BCUT2D eigenvalue weighted by molar-refractivity contribution is -0.140. The predicted molar refractivity (Wildman–Crippen MR) is 77.8 cm³/mol. The third-order valence-electron chi connectivity index (χ3n) is 3.24. The first kappa shape index (κ1) is 16.7. The minimum atomic E-state index is -0.609. The van der Waals surface area contributed by atoms with Crippen LogP contribution in [0.5, 0.6) is 5.75 Å². The number of benzene rings is 1. The predicted octanol–water partition coefficient (Wildman–Crippen LogP) is 1.84. The lowest BCUT2D eigenvalue weighted by Crippen LogP contribution is -2.55. The van der Waals surface area contributed by atoms with E-state index in [2.05, 4.69) is 5.32 Å². The second-order valence-corrected chi connectivity index (χ2v) is 4.80. The van der Waals surface area contributed by atoms with Crippen LogP contribution < -0.4 is 10.1 Å². The first-order valence-corrected chi connectivity index (χ1v) is 6.51. The zero-order valence-electron chi connectivity index (χ0n) is 11.6. The molecule has 6 heteroatoms. The molecule has 2 rings (SSSR count). The Labute approximate surface area is 124 Å². The molecule has 1 aliphatic heterocycles. The molecule has 1 aromatic rings. The second-order valence-electron chi connectivity index (χ2n) is 4.80. The Morgan fingerprint density at radius 1 is 1.55 bits per heavy atom. The van der Waals surface area contributed by atoms with Crippen molar-refractivity contribution in [1.82, 2.24) is 10.2 Å². The SMILES string of the molecule is CC(Oc1cccc(F)c1)C(=O)N1CCNC[C@@H]1C.Cl. The summed E-state index contributed by atoms with van der Waals surface area (Å²) in [6.07, 6.45) is -0.609. The summed E-state index contributed by atoms with van der Waals surface area (Å²) in [7, 11) is 0. The van der Waals surface area contributed by atoms with E-state index in [0.29, 0.717) is 12.3 Å². The number of nitrogens with zero attached hydrogens (tertiary/aromatic N) is 1. The summed E-state index contributed by atoms with van der Waals surface area (Å²) >= 11 is 0. The summed E-state index contributed by atoms with van der Waals surface area (Å²) < 4.78 is 18.6. The zero-order chi connectivity index (χ0) is 13.8. The molecule has 1 fully saturated rings. The van der Waals surface area contributed by atoms with Gasteiger partial charge in [0.25, 0.3) is 5.91 Å². The molecule has 0 saturated carbocycles. The van der Waals surface area contributed by atoms with Crippen molar-refractivity contribution in [2.45, 2.75) is 26.0 Å². The van der Waals surface area contributed by atoms with Gasteiger partial charge in [-0.15, -0.1) is 12.4 Å². The van der Waals surface area contributed by atoms with Gasteiger partial charge in [0.05, 0.1) is 0 Å². The highest BCUT2D eigenvalue weighted by Gasteiger charge is 2.27. The number of amides is 1. The van der Waals surface area contributed by atoms with Crippen LogP contribution in [-0.2, 0) is 4.79 Å². The molecule has 20 heavy (non-hydrogen) atoms. The van der Waals surface area contributed by atoms with E-state index in [4.69, 9.17) is 4.74 Å². The van der Waals surface area contributed by atoms with Crippen molar-refractivity contribution in [1.29, 1.82) is 0 Å². The minimum Gasteiger partial charge on any atom is -0.481 e. The molecular formula is C14H20ClFN2O2. The van der Waals surface area contributed by atoms with Crippen LogP contribution in [0.15, 0.2) is 24.3 Å². The van der Waals surface area contributed by atoms with Crippen LogP contribution in [0.2, 0.25) is 0 Å². The maximum Gasteiger partial charge on any atom is 0.263 e. The smallest absolute Gasteiger partial charge is 0.263 e. The van der Waals surface area contributed by atoms with E-state index < -0.39 is 6.10 Å². The van der Waals surface area contributed by atoms with E-state index in [9.17, 15) is 9.18 Å². The Morgan fingerprint density at radius 3 is 2.95 bits per heavy atom. The van der Waals surface area contributed by atoms with E-state index in [1.165, 1.54) is 12.1 Å². The standard InChI is InChI=1S/C14H19FN2O2.ClH/c1-10-9-16-6-7-17(10)14(18)11(2)19-13-5-3-4-12(15)8-13;/h3-5,8,10-11,16H,6-7,9H2,1-2H3;1H/t10-,11?;/m0./s1. The molecule has 0 spiro atoms. The fraction of sp³-hybridized carbons (Fsp3) is 0.500. The number of hydrogen-bond donors (Lipinski definition) is 1. The van der Waals surface area contributed by atoms with Crippen molar-refractivity contribution in [3.63, 3.8) is 0 Å². The number of nitrogens with one attached hydrogen (secondary N) is 1. The van der Waals surface area contributed by atoms with Crippen LogP contribution in [0.25, 0.3) is 0 Å². The maximum atomic E-state index is 13.1.